The molecule has 0 heterocycles. The van der Waals surface area contributed by atoms with Crippen LogP contribution in [-0.2, 0) is 16.6 Å². The highest BCUT2D eigenvalue weighted by Gasteiger charge is 2.20. The molecule has 0 atom stereocenters. The smallest absolute Gasteiger partial charge is 0.208 e. The third kappa shape index (κ3) is 8.49. The Kier molecular flexibility index (Phi) is 9.53. The molecule has 1 aromatic rings. The maximum Gasteiger partial charge on any atom is 0.208 e. The van der Waals surface area contributed by atoms with Gasteiger partial charge in [-0.1, -0.05) is 12.1 Å². The summed E-state index contributed by atoms with van der Waals surface area (Å²) in [4.78, 5) is 4.66. The molecule has 1 saturated carbocycles. The van der Waals surface area contributed by atoms with E-state index >= 15 is 0 Å². The molecule has 1 aliphatic rings. The fourth-order valence-corrected chi connectivity index (χ4v) is 3.73. The molecule has 0 aromatic heterocycles. The van der Waals surface area contributed by atoms with Gasteiger partial charge in [0.05, 0.1) is 26.0 Å². The van der Waals surface area contributed by atoms with E-state index in [4.69, 9.17) is 9.47 Å². The predicted octanol–water partition coefficient (Wildman–Crippen LogP) is 2.01. The van der Waals surface area contributed by atoms with Crippen molar-refractivity contribution in [2.75, 3.05) is 33.0 Å². The zero-order valence-electron chi connectivity index (χ0n) is 17.7. The highest BCUT2D eigenvalue weighted by atomic mass is 32.2. The van der Waals surface area contributed by atoms with Crippen molar-refractivity contribution in [1.29, 1.82) is 0 Å². The van der Waals surface area contributed by atoms with Crippen molar-refractivity contribution in [1.82, 2.24) is 15.4 Å². The van der Waals surface area contributed by atoms with Gasteiger partial charge in [0.15, 0.2) is 17.5 Å². The van der Waals surface area contributed by atoms with Crippen LogP contribution >= 0.6 is 0 Å². The zero-order valence-corrected chi connectivity index (χ0v) is 18.5. The summed E-state index contributed by atoms with van der Waals surface area (Å²) in [5, 5.41) is 6.44. The standard InChI is InChI=1S/C20H34N4O4S/c1-4-21-20(22-13-8-14-24-29(3,25)26)23-15-16-9-7-12-18(27-2)19(16)28-17-10-5-6-11-17/h7,9,12,17,24H,4-6,8,10-11,13-15H2,1-3H3,(H2,21,22,23). The van der Waals surface area contributed by atoms with Crippen molar-refractivity contribution in [2.24, 2.45) is 4.99 Å². The van der Waals surface area contributed by atoms with Crippen molar-refractivity contribution in [2.45, 2.75) is 51.7 Å². The highest BCUT2D eigenvalue weighted by Crippen LogP contribution is 2.35. The Morgan fingerprint density at radius 3 is 2.62 bits per heavy atom. The van der Waals surface area contributed by atoms with Crippen LogP contribution in [0.5, 0.6) is 11.5 Å². The molecule has 1 aromatic carbocycles. The van der Waals surface area contributed by atoms with Gasteiger partial charge in [-0.15, -0.1) is 0 Å². The Bertz CT molecular complexity index is 762. The molecule has 1 aliphatic carbocycles. The van der Waals surface area contributed by atoms with E-state index < -0.39 is 10.0 Å². The first-order valence-electron chi connectivity index (χ1n) is 10.2. The second-order valence-electron chi connectivity index (χ2n) is 7.11. The van der Waals surface area contributed by atoms with Gasteiger partial charge < -0.3 is 20.1 Å². The van der Waals surface area contributed by atoms with Gasteiger partial charge in [-0.2, -0.15) is 0 Å². The summed E-state index contributed by atoms with van der Waals surface area (Å²) in [5.74, 6) is 2.19. The first-order valence-corrected chi connectivity index (χ1v) is 12.1. The van der Waals surface area contributed by atoms with Gasteiger partial charge in [0.2, 0.25) is 10.0 Å². The Hall–Kier alpha value is -2.00. The van der Waals surface area contributed by atoms with Crippen molar-refractivity contribution >= 4 is 16.0 Å². The minimum Gasteiger partial charge on any atom is -0.493 e. The van der Waals surface area contributed by atoms with Crippen LogP contribution in [0.1, 0.15) is 44.6 Å². The number of methoxy groups -OCH3 is 1. The fourth-order valence-electron chi connectivity index (χ4n) is 3.21. The summed E-state index contributed by atoms with van der Waals surface area (Å²) in [5.41, 5.74) is 0.979. The molecule has 0 unspecified atom stereocenters. The van der Waals surface area contributed by atoms with E-state index in [0.717, 1.165) is 42.7 Å². The number of aliphatic imine (C=N–C) groups is 1. The summed E-state index contributed by atoms with van der Waals surface area (Å²) in [6, 6.07) is 5.87. The number of hydrogen-bond donors (Lipinski definition) is 3. The topological polar surface area (TPSA) is 101 Å². The summed E-state index contributed by atoms with van der Waals surface area (Å²) < 4.78 is 36.5. The lowest BCUT2D eigenvalue weighted by molar-refractivity contribution is 0.198. The minimum absolute atomic E-state index is 0.239. The molecule has 1 fully saturated rings. The fraction of sp³-hybridized carbons (Fsp3) is 0.650. The third-order valence-electron chi connectivity index (χ3n) is 4.63. The van der Waals surface area contributed by atoms with Crippen LogP contribution in [0.2, 0.25) is 0 Å². The monoisotopic (exact) mass is 426 g/mol. The van der Waals surface area contributed by atoms with Crippen LogP contribution in [0, 0.1) is 0 Å². The molecule has 0 bridgehead atoms. The molecule has 164 valence electrons. The van der Waals surface area contributed by atoms with Gasteiger partial charge in [0.25, 0.3) is 0 Å². The van der Waals surface area contributed by atoms with Crippen molar-refractivity contribution < 1.29 is 17.9 Å². The quantitative estimate of drug-likeness (QED) is 0.284. The van der Waals surface area contributed by atoms with E-state index in [9.17, 15) is 8.42 Å². The SMILES string of the molecule is CCNC(=NCc1cccc(OC)c1OC1CCCC1)NCCCNS(C)(=O)=O. The number of guanidine groups is 1. The number of benzene rings is 1. The van der Waals surface area contributed by atoms with Gasteiger partial charge in [0.1, 0.15) is 0 Å². The molecule has 0 spiro atoms. The van der Waals surface area contributed by atoms with Crippen LogP contribution in [0.15, 0.2) is 23.2 Å². The number of rotatable bonds is 11. The molecule has 2 rings (SSSR count). The number of ether oxygens (including phenoxy) is 2. The Balaban J connectivity index is 1.99. The van der Waals surface area contributed by atoms with E-state index in [-0.39, 0.29) is 6.10 Å². The second kappa shape index (κ2) is 11.9. The lowest BCUT2D eigenvalue weighted by Crippen LogP contribution is -2.38. The lowest BCUT2D eigenvalue weighted by atomic mass is 10.1. The van der Waals surface area contributed by atoms with E-state index in [1.165, 1.54) is 12.8 Å². The summed E-state index contributed by atoms with van der Waals surface area (Å²) in [7, 11) is -1.50. The number of nitrogens with one attached hydrogen (secondary N) is 3. The molecule has 0 radical (unpaired) electrons. The Labute approximate surface area is 174 Å². The van der Waals surface area contributed by atoms with E-state index in [2.05, 4.69) is 20.3 Å². The molecule has 0 saturated heterocycles. The zero-order chi connectivity index (χ0) is 21.1. The predicted molar refractivity (Wildman–Crippen MR) is 116 cm³/mol. The molecule has 3 N–H and O–H groups in total. The van der Waals surface area contributed by atoms with E-state index in [1.807, 2.05) is 25.1 Å². The molecule has 8 nitrogen and oxygen atoms in total. The average molecular weight is 427 g/mol. The number of para-hydroxylation sites is 1. The van der Waals surface area contributed by atoms with Crippen LogP contribution in [0.4, 0.5) is 0 Å². The van der Waals surface area contributed by atoms with E-state index in [1.54, 1.807) is 7.11 Å². The second-order valence-corrected chi connectivity index (χ2v) is 8.95. The van der Waals surface area contributed by atoms with E-state index in [0.29, 0.717) is 32.0 Å². The number of hydrogen-bond acceptors (Lipinski definition) is 5. The maximum absolute atomic E-state index is 11.1. The van der Waals surface area contributed by atoms with Crippen LogP contribution in [0.25, 0.3) is 0 Å². The summed E-state index contributed by atoms with van der Waals surface area (Å²) in [6.07, 6.45) is 6.62. The molecule has 0 aliphatic heterocycles. The molecular weight excluding hydrogens is 392 g/mol. The average Bonchev–Trinajstić information content (AvgIpc) is 3.18. The lowest BCUT2D eigenvalue weighted by Gasteiger charge is -2.19. The Morgan fingerprint density at radius 2 is 1.97 bits per heavy atom. The summed E-state index contributed by atoms with van der Waals surface area (Å²) >= 11 is 0. The summed E-state index contributed by atoms with van der Waals surface area (Å²) in [6.45, 7) is 4.19. The van der Waals surface area contributed by atoms with Gasteiger partial charge in [-0.05, 0) is 45.1 Å². The molecule has 0 amide bonds. The van der Waals surface area contributed by atoms with Gasteiger partial charge in [0, 0.05) is 25.2 Å². The third-order valence-corrected chi connectivity index (χ3v) is 5.36. The van der Waals surface area contributed by atoms with Crippen molar-refractivity contribution in [3.05, 3.63) is 23.8 Å². The molecule has 29 heavy (non-hydrogen) atoms. The number of nitrogens with zero attached hydrogens (tertiary/aromatic N) is 1. The van der Waals surface area contributed by atoms with Crippen LogP contribution < -0.4 is 24.8 Å². The van der Waals surface area contributed by atoms with Crippen molar-refractivity contribution in [3.8, 4) is 11.5 Å². The Morgan fingerprint density at radius 1 is 1.21 bits per heavy atom. The number of sulfonamides is 1. The first kappa shape index (κ1) is 23.3. The molecule has 9 heteroatoms. The molecular formula is C20H34N4O4S. The largest absolute Gasteiger partial charge is 0.493 e. The van der Waals surface area contributed by atoms with Gasteiger partial charge >= 0.3 is 0 Å². The van der Waals surface area contributed by atoms with Gasteiger partial charge in [-0.3, -0.25) is 0 Å². The van der Waals surface area contributed by atoms with Crippen LogP contribution in [0.3, 0.4) is 0 Å². The van der Waals surface area contributed by atoms with Crippen molar-refractivity contribution in [3.63, 3.8) is 0 Å². The highest BCUT2D eigenvalue weighted by molar-refractivity contribution is 7.88. The minimum atomic E-state index is -3.15. The normalized spacial score (nSPS) is 15.3. The van der Waals surface area contributed by atoms with Crippen LogP contribution in [-0.4, -0.2) is 53.5 Å². The maximum atomic E-state index is 11.1. The first-order chi connectivity index (χ1) is 13.9. The van der Waals surface area contributed by atoms with Gasteiger partial charge in [-0.25, -0.2) is 18.1 Å².